The van der Waals surface area contributed by atoms with E-state index in [2.05, 4.69) is 112 Å². The molecular weight excluding hydrogens is 553 g/mol. The van der Waals surface area contributed by atoms with Gasteiger partial charge in [-0.05, 0) is 71.6 Å². The predicted molar refractivity (Wildman–Crippen MR) is 161 cm³/mol. The normalized spacial score (nSPS) is 13.5. The number of aromatic nitrogens is 3. The van der Waals surface area contributed by atoms with Crippen LogP contribution in [0.1, 0.15) is 71.4 Å². The Hall–Kier alpha value is -2.47. The number of hydrogen-bond donors (Lipinski definition) is 0. The van der Waals surface area contributed by atoms with Gasteiger partial charge in [-0.25, -0.2) is 9.67 Å². The van der Waals surface area contributed by atoms with Crippen molar-refractivity contribution in [3.8, 4) is 28.2 Å². The second kappa shape index (κ2) is 11.3. The number of unbranched alkanes of at least 4 members (excludes halogenated alkanes) is 1. The summed E-state index contributed by atoms with van der Waals surface area (Å²) in [5, 5.41) is 4.98. The van der Waals surface area contributed by atoms with Gasteiger partial charge in [-0.2, -0.15) is 0 Å². The van der Waals surface area contributed by atoms with Crippen LogP contribution in [-0.4, -0.2) is 14.8 Å². The number of aryl methyl sites for hydroxylation is 1. The summed E-state index contributed by atoms with van der Waals surface area (Å²) in [5.41, 5.74) is 7.53. The van der Waals surface area contributed by atoms with E-state index in [1.54, 1.807) is 0 Å². The molecule has 0 fully saturated rings. The summed E-state index contributed by atoms with van der Waals surface area (Å²) in [6.07, 6.45) is 7.45. The summed E-state index contributed by atoms with van der Waals surface area (Å²) in [7, 11) is 0. The number of nitrogens with zero attached hydrogens (tertiary/aromatic N) is 3. The van der Waals surface area contributed by atoms with Crippen LogP contribution in [0.4, 0.5) is 0 Å². The number of halogens is 1. The zero-order chi connectivity index (χ0) is 25.8. The zero-order valence-corrected chi connectivity index (χ0v) is 24.4. The number of rotatable bonds is 10. The molecule has 4 rings (SSSR count). The van der Waals surface area contributed by atoms with Crippen molar-refractivity contribution in [3.63, 3.8) is 0 Å². The molecule has 0 amide bonds. The van der Waals surface area contributed by atoms with Gasteiger partial charge in [0.1, 0.15) is 6.33 Å². The Morgan fingerprint density at radius 2 is 1.56 bits per heavy atom. The summed E-state index contributed by atoms with van der Waals surface area (Å²) in [6, 6.07) is 26.0. The van der Waals surface area contributed by atoms with Crippen LogP contribution in [0, 0.1) is 5.41 Å². The second-order valence-corrected chi connectivity index (χ2v) is 12.1. The first kappa shape index (κ1) is 26.6. The van der Waals surface area contributed by atoms with Gasteiger partial charge in [-0.15, -0.1) is 5.10 Å². The minimum Gasteiger partial charge on any atom is -0.220 e. The maximum Gasteiger partial charge on any atom is 0.181 e. The number of para-hydroxylation sites is 1. The number of alkyl halides is 1. The van der Waals surface area contributed by atoms with Crippen LogP contribution < -0.4 is 0 Å². The molecule has 0 radical (unpaired) electrons. The summed E-state index contributed by atoms with van der Waals surface area (Å²) in [6.45, 7) is 11.6. The third-order valence-corrected chi connectivity index (χ3v) is 10.6. The highest BCUT2D eigenvalue weighted by atomic mass is 127. The Bertz CT molecular complexity index is 1290. The van der Waals surface area contributed by atoms with Crippen molar-refractivity contribution in [2.75, 3.05) is 0 Å². The van der Waals surface area contributed by atoms with E-state index in [0.29, 0.717) is 0 Å². The van der Waals surface area contributed by atoms with Gasteiger partial charge in [-0.3, -0.25) is 0 Å². The van der Waals surface area contributed by atoms with Crippen LogP contribution in [0.3, 0.4) is 0 Å². The van der Waals surface area contributed by atoms with Gasteiger partial charge in [-0.1, -0.05) is 118 Å². The molecule has 0 aliphatic heterocycles. The Balaban J connectivity index is 1.91. The van der Waals surface area contributed by atoms with Gasteiger partial charge < -0.3 is 0 Å². The van der Waals surface area contributed by atoms with Crippen LogP contribution in [0.25, 0.3) is 28.2 Å². The molecule has 3 aromatic carbocycles. The Morgan fingerprint density at radius 3 is 2.25 bits per heavy atom. The third-order valence-electron chi connectivity index (χ3n) is 7.77. The maximum absolute atomic E-state index is 4.98. The van der Waals surface area contributed by atoms with Crippen LogP contribution in [0.5, 0.6) is 0 Å². The molecule has 1 atom stereocenters. The minimum atomic E-state index is -0.0483. The van der Waals surface area contributed by atoms with E-state index in [9.17, 15) is 0 Å². The number of hydrogen-bond acceptors (Lipinski definition) is 2. The van der Waals surface area contributed by atoms with E-state index < -0.39 is 0 Å². The van der Waals surface area contributed by atoms with Crippen molar-refractivity contribution >= 4 is 22.6 Å². The molecule has 188 valence electrons. The first-order valence-corrected chi connectivity index (χ1v) is 14.3. The van der Waals surface area contributed by atoms with E-state index in [1.165, 1.54) is 35.1 Å². The molecule has 0 N–H and O–H groups in total. The Morgan fingerprint density at radius 1 is 0.833 bits per heavy atom. The highest BCUT2D eigenvalue weighted by Gasteiger charge is 2.43. The fraction of sp³-hybridized carbons (Fsp3) is 0.375. The highest BCUT2D eigenvalue weighted by molar-refractivity contribution is 14.1. The number of benzene rings is 3. The molecule has 0 aliphatic rings. The molecule has 36 heavy (non-hydrogen) atoms. The Labute approximate surface area is 230 Å². The van der Waals surface area contributed by atoms with Crippen molar-refractivity contribution in [1.82, 2.24) is 14.8 Å². The van der Waals surface area contributed by atoms with E-state index in [4.69, 9.17) is 10.1 Å². The van der Waals surface area contributed by atoms with Gasteiger partial charge in [0.05, 0.1) is 9.11 Å². The smallest absolute Gasteiger partial charge is 0.181 e. The standard InChI is InChI=1S/C32H38IN3/c1-6-9-15-24-16-13-14-19-27(24)25-20-21-29(32(33,8-3)31(4,5)7-2)28(22-25)30-34-23-36(35-30)26-17-11-10-12-18-26/h10-14,16-23H,6-9,15H2,1-5H3. The van der Waals surface area contributed by atoms with Gasteiger partial charge in [0.15, 0.2) is 5.82 Å². The molecule has 0 aliphatic carbocycles. The monoisotopic (exact) mass is 591 g/mol. The van der Waals surface area contributed by atoms with Crippen LogP contribution in [0.2, 0.25) is 0 Å². The van der Waals surface area contributed by atoms with E-state index >= 15 is 0 Å². The molecule has 1 heterocycles. The molecule has 0 spiro atoms. The summed E-state index contributed by atoms with van der Waals surface area (Å²) < 4.78 is 1.83. The molecule has 4 heteroatoms. The van der Waals surface area contributed by atoms with E-state index in [1.807, 2.05) is 29.2 Å². The molecule has 4 aromatic rings. The lowest BCUT2D eigenvalue weighted by molar-refractivity contribution is 0.251. The summed E-state index contributed by atoms with van der Waals surface area (Å²) in [4.78, 5) is 4.83. The SMILES string of the molecule is CCCCc1ccccc1-c1ccc(C(I)(CC)C(C)(C)CC)c(-c2ncn(-c3ccccc3)n2)c1. The van der Waals surface area contributed by atoms with Gasteiger partial charge in [0.25, 0.3) is 0 Å². The minimum absolute atomic E-state index is 0.0483. The lowest BCUT2D eigenvalue weighted by Gasteiger charge is -2.43. The van der Waals surface area contributed by atoms with Crippen molar-refractivity contribution in [2.24, 2.45) is 5.41 Å². The largest absolute Gasteiger partial charge is 0.220 e. The van der Waals surface area contributed by atoms with Crippen molar-refractivity contribution in [2.45, 2.75) is 70.1 Å². The molecule has 1 aromatic heterocycles. The topological polar surface area (TPSA) is 30.7 Å². The molecule has 0 bridgehead atoms. The molecule has 3 nitrogen and oxygen atoms in total. The maximum atomic E-state index is 4.98. The van der Waals surface area contributed by atoms with Crippen LogP contribution >= 0.6 is 22.6 Å². The van der Waals surface area contributed by atoms with Gasteiger partial charge in [0, 0.05) is 5.56 Å². The van der Waals surface area contributed by atoms with E-state index in [-0.39, 0.29) is 8.84 Å². The molecule has 0 saturated carbocycles. The zero-order valence-electron chi connectivity index (χ0n) is 22.3. The first-order valence-electron chi connectivity index (χ1n) is 13.2. The third kappa shape index (κ3) is 5.15. The predicted octanol–water partition coefficient (Wildman–Crippen LogP) is 9.42. The second-order valence-electron chi connectivity index (χ2n) is 10.3. The lowest BCUT2D eigenvalue weighted by atomic mass is 9.70. The average molecular weight is 592 g/mol. The van der Waals surface area contributed by atoms with Crippen molar-refractivity contribution in [3.05, 3.63) is 90.3 Å². The molecule has 1 unspecified atom stereocenters. The van der Waals surface area contributed by atoms with E-state index in [0.717, 1.165) is 36.3 Å². The van der Waals surface area contributed by atoms with Crippen LogP contribution in [-0.2, 0) is 9.84 Å². The lowest BCUT2D eigenvalue weighted by Crippen LogP contribution is -2.36. The fourth-order valence-corrected chi connectivity index (χ4v) is 5.89. The molecular formula is C32H38IN3. The summed E-state index contributed by atoms with van der Waals surface area (Å²) in [5.74, 6) is 0.781. The van der Waals surface area contributed by atoms with Crippen LogP contribution in [0.15, 0.2) is 79.1 Å². The van der Waals surface area contributed by atoms with Gasteiger partial charge in [0.2, 0.25) is 0 Å². The molecule has 0 saturated heterocycles. The summed E-state index contributed by atoms with van der Waals surface area (Å²) >= 11 is 2.71. The fourth-order valence-electron chi connectivity index (χ4n) is 5.03. The van der Waals surface area contributed by atoms with Gasteiger partial charge >= 0.3 is 0 Å². The Kier molecular flexibility index (Phi) is 8.34. The van der Waals surface area contributed by atoms with Crippen molar-refractivity contribution in [1.29, 1.82) is 0 Å². The highest BCUT2D eigenvalue weighted by Crippen LogP contribution is 2.54. The van der Waals surface area contributed by atoms with Crippen molar-refractivity contribution < 1.29 is 0 Å². The average Bonchev–Trinajstić information content (AvgIpc) is 3.42. The quantitative estimate of drug-likeness (QED) is 0.136. The first-order chi connectivity index (χ1) is 17.3.